The topological polar surface area (TPSA) is 77.8 Å². The van der Waals surface area contributed by atoms with E-state index in [1.807, 2.05) is 30.3 Å². The lowest BCUT2D eigenvalue weighted by Gasteiger charge is -2.29. The van der Waals surface area contributed by atoms with Crippen LogP contribution in [0.25, 0.3) is 10.8 Å². The maximum Gasteiger partial charge on any atom is 0.269 e. The molecule has 0 saturated heterocycles. The Bertz CT molecular complexity index is 1310. The van der Waals surface area contributed by atoms with E-state index < -0.39 is 11.8 Å². The van der Waals surface area contributed by atoms with Crippen molar-refractivity contribution in [2.24, 2.45) is 0 Å². The Balaban J connectivity index is 1.78. The van der Waals surface area contributed by atoms with E-state index in [0.29, 0.717) is 11.1 Å². The number of benzene rings is 4. The number of rotatable bonds is 3. The number of hydrogen-bond donors (Lipinski definition) is 2. The number of hydrogen-bond acceptors (Lipinski definition) is 4. The lowest BCUT2D eigenvalue weighted by atomic mass is 9.88. The van der Waals surface area contributed by atoms with Gasteiger partial charge in [0, 0.05) is 28.3 Å². The minimum absolute atomic E-state index is 0.0350. The lowest BCUT2D eigenvalue weighted by molar-refractivity contribution is 0.0892. The number of nitrogens with zero attached hydrogens (tertiary/aromatic N) is 1. The molecule has 5 heteroatoms. The van der Waals surface area contributed by atoms with Crippen LogP contribution in [-0.4, -0.2) is 22.0 Å². The zero-order valence-corrected chi connectivity index (χ0v) is 15.9. The Labute approximate surface area is 172 Å². The fourth-order valence-electron chi connectivity index (χ4n) is 4.05. The van der Waals surface area contributed by atoms with E-state index in [1.54, 1.807) is 48.5 Å². The molecule has 2 N–H and O–H groups in total. The maximum atomic E-state index is 13.4. The van der Waals surface area contributed by atoms with E-state index in [0.717, 1.165) is 10.5 Å². The average molecular weight is 395 g/mol. The first-order valence-corrected chi connectivity index (χ1v) is 9.55. The predicted molar refractivity (Wildman–Crippen MR) is 114 cm³/mol. The molecule has 2 amide bonds. The summed E-state index contributed by atoms with van der Waals surface area (Å²) in [5.74, 6) is -1.51. The zero-order valence-electron chi connectivity index (χ0n) is 15.9. The normalized spacial score (nSPS) is 13.1. The summed E-state index contributed by atoms with van der Waals surface area (Å²) in [7, 11) is 0. The summed E-state index contributed by atoms with van der Waals surface area (Å²) in [6.07, 6.45) is 0.248. The summed E-state index contributed by atoms with van der Waals surface area (Å²) in [6, 6.07) is 22.9. The third kappa shape index (κ3) is 2.56. The second-order valence-electron chi connectivity index (χ2n) is 7.22. The van der Waals surface area contributed by atoms with Gasteiger partial charge in [-0.2, -0.15) is 0 Å². The van der Waals surface area contributed by atoms with Crippen molar-refractivity contribution in [3.8, 4) is 11.5 Å². The second kappa shape index (κ2) is 6.74. The van der Waals surface area contributed by atoms with Crippen LogP contribution in [-0.2, 0) is 6.42 Å². The fourth-order valence-corrected chi connectivity index (χ4v) is 4.05. The molecule has 5 rings (SSSR count). The molecule has 0 spiro atoms. The number of aromatic hydroxyl groups is 2. The summed E-state index contributed by atoms with van der Waals surface area (Å²) in [5, 5.41) is 22.7. The van der Waals surface area contributed by atoms with Crippen molar-refractivity contribution in [1.82, 2.24) is 0 Å². The Morgan fingerprint density at radius 3 is 2.07 bits per heavy atom. The highest BCUT2D eigenvalue weighted by molar-refractivity contribution is 6.37. The van der Waals surface area contributed by atoms with Gasteiger partial charge < -0.3 is 10.2 Å². The first-order valence-electron chi connectivity index (χ1n) is 9.55. The Kier molecular flexibility index (Phi) is 4.03. The molecular weight excluding hydrogens is 378 g/mol. The minimum atomic E-state index is -0.610. The predicted octanol–water partition coefficient (Wildman–Crippen LogP) is 4.64. The fraction of sp³-hybridized carbons (Fsp3) is 0.0400. The monoisotopic (exact) mass is 395 g/mol. The van der Waals surface area contributed by atoms with E-state index in [1.165, 1.54) is 0 Å². The van der Waals surface area contributed by atoms with Crippen LogP contribution in [0.1, 0.15) is 31.8 Å². The van der Waals surface area contributed by atoms with Crippen LogP contribution in [0.15, 0.2) is 78.9 Å². The number of amides is 2. The Hall–Kier alpha value is -4.12. The van der Waals surface area contributed by atoms with Gasteiger partial charge >= 0.3 is 0 Å². The Morgan fingerprint density at radius 1 is 0.700 bits per heavy atom. The highest BCUT2D eigenvalue weighted by atomic mass is 16.3. The average Bonchev–Trinajstić information content (AvgIpc) is 2.77. The van der Waals surface area contributed by atoms with Gasteiger partial charge in [-0.1, -0.05) is 60.7 Å². The summed E-state index contributed by atoms with van der Waals surface area (Å²) >= 11 is 0. The molecule has 4 aromatic rings. The van der Waals surface area contributed by atoms with Crippen LogP contribution in [0, 0.1) is 0 Å². The van der Waals surface area contributed by atoms with E-state index in [2.05, 4.69) is 0 Å². The molecule has 1 aliphatic heterocycles. The van der Waals surface area contributed by atoms with Gasteiger partial charge in [-0.3, -0.25) is 9.59 Å². The first kappa shape index (κ1) is 17.9. The molecule has 0 radical (unpaired) electrons. The highest BCUT2D eigenvalue weighted by Crippen LogP contribution is 2.45. The van der Waals surface area contributed by atoms with Gasteiger partial charge in [0.05, 0.1) is 11.3 Å². The van der Waals surface area contributed by atoms with Gasteiger partial charge in [0.2, 0.25) is 0 Å². The van der Waals surface area contributed by atoms with Crippen LogP contribution in [0.2, 0.25) is 0 Å². The molecule has 0 atom stereocenters. The van der Waals surface area contributed by atoms with Gasteiger partial charge in [0.25, 0.3) is 11.8 Å². The van der Waals surface area contributed by atoms with Gasteiger partial charge in [-0.05, 0) is 23.8 Å². The van der Waals surface area contributed by atoms with Gasteiger partial charge in [0.1, 0.15) is 11.5 Å². The minimum Gasteiger partial charge on any atom is -0.507 e. The van der Waals surface area contributed by atoms with Crippen molar-refractivity contribution >= 4 is 28.3 Å². The van der Waals surface area contributed by atoms with E-state index in [9.17, 15) is 19.8 Å². The van der Waals surface area contributed by atoms with Crippen molar-refractivity contribution in [3.63, 3.8) is 0 Å². The van der Waals surface area contributed by atoms with Crippen molar-refractivity contribution in [3.05, 3.63) is 101 Å². The van der Waals surface area contributed by atoms with E-state index >= 15 is 0 Å². The molecule has 0 bridgehead atoms. The van der Waals surface area contributed by atoms with Crippen LogP contribution in [0.3, 0.4) is 0 Å². The number of para-hydroxylation sites is 1. The SMILES string of the molecule is O=C1c2cccc3c(O)c(Cc4ccccc4)c(O)c(c23)C(=O)N1c1ccccc1. The summed E-state index contributed by atoms with van der Waals surface area (Å²) in [5.41, 5.74) is 1.87. The maximum absolute atomic E-state index is 13.4. The molecule has 4 aromatic carbocycles. The summed E-state index contributed by atoms with van der Waals surface area (Å²) < 4.78 is 0. The largest absolute Gasteiger partial charge is 0.507 e. The molecule has 1 heterocycles. The van der Waals surface area contributed by atoms with Crippen molar-refractivity contribution in [1.29, 1.82) is 0 Å². The molecule has 0 fully saturated rings. The second-order valence-corrected chi connectivity index (χ2v) is 7.22. The smallest absolute Gasteiger partial charge is 0.269 e. The quantitative estimate of drug-likeness (QED) is 0.495. The highest BCUT2D eigenvalue weighted by Gasteiger charge is 2.38. The van der Waals surface area contributed by atoms with Crippen LogP contribution in [0.4, 0.5) is 5.69 Å². The molecule has 0 unspecified atom stereocenters. The van der Waals surface area contributed by atoms with Crippen molar-refractivity contribution in [2.45, 2.75) is 6.42 Å². The van der Waals surface area contributed by atoms with E-state index in [-0.39, 0.29) is 40.0 Å². The lowest BCUT2D eigenvalue weighted by Crippen LogP contribution is -2.40. The standard InChI is InChI=1S/C25H17NO4/c27-22-17-12-7-13-18-20(17)21(23(28)19(22)14-15-8-3-1-4-9-15)25(30)26(24(18)29)16-10-5-2-6-11-16/h1-13,27-28H,14H2. The molecule has 0 aromatic heterocycles. The number of imide groups is 1. The van der Waals surface area contributed by atoms with Crippen LogP contribution in [0.5, 0.6) is 11.5 Å². The molecule has 0 aliphatic carbocycles. The van der Waals surface area contributed by atoms with E-state index in [4.69, 9.17) is 0 Å². The van der Waals surface area contributed by atoms with Gasteiger partial charge in [0.15, 0.2) is 0 Å². The van der Waals surface area contributed by atoms with Gasteiger partial charge in [-0.25, -0.2) is 4.90 Å². The zero-order chi connectivity index (χ0) is 20.8. The molecular formula is C25H17NO4. The molecule has 0 saturated carbocycles. The number of phenols is 2. The van der Waals surface area contributed by atoms with Gasteiger partial charge in [-0.15, -0.1) is 0 Å². The summed E-state index contributed by atoms with van der Waals surface area (Å²) in [6.45, 7) is 0. The number of carbonyl (C=O) groups excluding carboxylic acids is 2. The number of carbonyl (C=O) groups is 2. The molecule has 5 nitrogen and oxygen atoms in total. The molecule has 30 heavy (non-hydrogen) atoms. The Morgan fingerprint density at radius 2 is 1.37 bits per heavy atom. The number of anilines is 1. The number of phenolic OH excluding ortho intramolecular Hbond substituents is 2. The van der Waals surface area contributed by atoms with Crippen LogP contribution < -0.4 is 4.90 Å². The summed E-state index contributed by atoms with van der Waals surface area (Å²) in [4.78, 5) is 27.6. The third-order valence-corrected chi connectivity index (χ3v) is 5.47. The molecule has 146 valence electrons. The van der Waals surface area contributed by atoms with Crippen molar-refractivity contribution < 1.29 is 19.8 Å². The molecule has 1 aliphatic rings. The van der Waals surface area contributed by atoms with Crippen molar-refractivity contribution in [2.75, 3.05) is 4.90 Å². The third-order valence-electron chi connectivity index (χ3n) is 5.47. The van der Waals surface area contributed by atoms with Crippen LogP contribution >= 0.6 is 0 Å². The first-order chi connectivity index (χ1) is 14.6.